The third kappa shape index (κ3) is 30.2. The van der Waals surface area contributed by atoms with Crippen molar-refractivity contribution in [3.63, 3.8) is 0 Å². The van der Waals surface area contributed by atoms with Gasteiger partial charge in [-0.3, -0.25) is 13.8 Å². The van der Waals surface area contributed by atoms with Crippen LogP contribution in [-0.2, 0) is 18.4 Å². The van der Waals surface area contributed by atoms with Crippen LogP contribution in [0.25, 0.3) is 0 Å². The number of nitrogens with zero attached hydrogens (tertiary/aromatic N) is 1. The molecule has 264 valence electrons. The van der Waals surface area contributed by atoms with E-state index < -0.39 is 20.0 Å². The summed E-state index contributed by atoms with van der Waals surface area (Å²) >= 11 is 0. The van der Waals surface area contributed by atoms with E-state index in [0.717, 1.165) is 38.5 Å². The number of carbonyl (C=O) groups excluding carboxylic acids is 1. The molecule has 0 aliphatic rings. The minimum atomic E-state index is -4.29. The zero-order chi connectivity index (χ0) is 32.9. The maximum absolute atomic E-state index is 12.6. The third-order valence-corrected chi connectivity index (χ3v) is 9.34. The van der Waals surface area contributed by atoms with Crippen molar-refractivity contribution in [1.29, 1.82) is 0 Å². The van der Waals surface area contributed by atoms with E-state index in [1.54, 1.807) is 0 Å². The standard InChI is InChI=1S/C35H73N2O6P/c1-6-8-10-12-14-15-16-17-18-19-20-21-22-23-24-26-28-34(38)33(36-35(39)29-27-25-13-11-9-7-2)32-43-44(40,41)42-31-30-37(3,4)5/h33-34,38H,6-32H2,1-5H3,(H-,36,39,40,41)/p+1. The number of quaternary nitrogens is 1. The van der Waals surface area contributed by atoms with Crippen molar-refractivity contribution >= 4 is 13.7 Å². The number of phosphoric acid groups is 1. The topological polar surface area (TPSA) is 105 Å². The Morgan fingerprint density at radius 3 is 1.52 bits per heavy atom. The van der Waals surface area contributed by atoms with Gasteiger partial charge in [-0.2, -0.15) is 0 Å². The highest BCUT2D eigenvalue weighted by molar-refractivity contribution is 7.47. The molecule has 0 rings (SSSR count). The fourth-order valence-corrected chi connectivity index (χ4v) is 6.07. The lowest BCUT2D eigenvalue weighted by Crippen LogP contribution is -2.46. The van der Waals surface area contributed by atoms with Crippen LogP contribution in [0.3, 0.4) is 0 Å². The number of likely N-dealkylation sites (N-methyl/N-ethyl adjacent to an activating group) is 1. The van der Waals surface area contributed by atoms with Gasteiger partial charge in [-0.25, -0.2) is 4.57 Å². The van der Waals surface area contributed by atoms with Crippen molar-refractivity contribution in [2.45, 2.75) is 180 Å². The molecule has 3 N–H and O–H groups in total. The molecule has 0 aromatic heterocycles. The average Bonchev–Trinajstić information content (AvgIpc) is 2.95. The highest BCUT2D eigenvalue weighted by Gasteiger charge is 2.28. The summed E-state index contributed by atoms with van der Waals surface area (Å²) in [5.41, 5.74) is 0. The number of phosphoric ester groups is 1. The Balaban J connectivity index is 4.33. The summed E-state index contributed by atoms with van der Waals surface area (Å²) in [6, 6.07) is -0.749. The van der Waals surface area contributed by atoms with Crippen molar-refractivity contribution in [1.82, 2.24) is 5.32 Å². The molecule has 1 amide bonds. The van der Waals surface area contributed by atoms with Crippen LogP contribution in [0.15, 0.2) is 0 Å². The molecule has 3 atom stereocenters. The predicted octanol–water partition coefficient (Wildman–Crippen LogP) is 9.07. The smallest absolute Gasteiger partial charge is 0.391 e. The second-order valence-corrected chi connectivity index (χ2v) is 15.4. The van der Waals surface area contributed by atoms with Gasteiger partial charge in [-0.15, -0.1) is 0 Å². The number of unbranched alkanes of at least 4 members (excludes halogenated alkanes) is 20. The predicted molar refractivity (Wildman–Crippen MR) is 185 cm³/mol. The van der Waals surface area contributed by atoms with Gasteiger partial charge in [-0.05, 0) is 12.8 Å². The average molecular weight is 650 g/mol. The highest BCUT2D eigenvalue weighted by Crippen LogP contribution is 2.43. The van der Waals surface area contributed by atoms with Crippen molar-refractivity contribution in [2.75, 3.05) is 40.9 Å². The molecule has 0 bridgehead atoms. The van der Waals surface area contributed by atoms with Gasteiger partial charge in [0.1, 0.15) is 13.2 Å². The van der Waals surface area contributed by atoms with Crippen molar-refractivity contribution < 1.29 is 32.9 Å². The zero-order valence-electron chi connectivity index (χ0n) is 29.7. The first-order valence-electron chi connectivity index (χ1n) is 18.4. The van der Waals surface area contributed by atoms with Crippen LogP contribution in [0.2, 0.25) is 0 Å². The van der Waals surface area contributed by atoms with Crippen LogP contribution in [0.1, 0.15) is 168 Å². The second-order valence-electron chi connectivity index (χ2n) is 14.0. The van der Waals surface area contributed by atoms with Crippen LogP contribution in [-0.4, -0.2) is 73.4 Å². The summed E-state index contributed by atoms with van der Waals surface area (Å²) in [5, 5.41) is 13.8. The Morgan fingerprint density at radius 2 is 1.09 bits per heavy atom. The van der Waals surface area contributed by atoms with Gasteiger partial charge in [0.05, 0.1) is 39.9 Å². The summed E-state index contributed by atoms with van der Waals surface area (Å²) < 4.78 is 23.4. The van der Waals surface area contributed by atoms with E-state index in [1.807, 2.05) is 21.1 Å². The minimum absolute atomic E-state index is 0.0775. The van der Waals surface area contributed by atoms with Gasteiger partial charge in [0.15, 0.2) is 0 Å². The molecule has 0 saturated carbocycles. The maximum atomic E-state index is 12.6. The van der Waals surface area contributed by atoms with Gasteiger partial charge in [0.25, 0.3) is 0 Å². The quantitative estimate of drug-likeness (QED) is 0.0372. The van der Waals surface area contributed by atoms with Gasteiger partial charge in [-0.1, -0.05) is 149 Å². The Hall–Kier alpha value is -0.500. The molecule has 44 heavy (non-hydrogen) atoms. The van der Waals surface area contributed by atoms with E-state index in [2.05, 4.69) is 19.2 Å². The molecule has 0 spiro atoms. The van der Waals surface area contributed by atoms with E-state index in [9.17, 15) is 19.4 Å². The number of nitrogens with one attached hydrogen (secondary N) is 1. The van der Waals surface area contributed by atoms with Crippen LogP contribution in [0, 0.1) is 0 Å². The summed E-state index contributed by atoms with van der Waals surface area (Å²) in [7, 11) is 1.62. The SMILES string of the molecule is CCCCCCCCCCCCCCCCCCC(O)C(COP(=O)(O)OCC[N+](C)(C)C)NC(=O)CCCCCCCC. The molecule has 0 saturated heterocycles. The first kappa shape index (κ1) is 43.5. The van der Waals surface area contributed by atoms with Crippen LogP contribution < -0.4 is 5.32 Å². The minimum Gasteiger partial charge on any atom is -0.391 e. The third-order valence-electron chi connectivity index (χ3n) is 8.36. The number of amides is 1. The van der Waals surface area contributed by atoms with E-state index in [0.29, 0.717) is 23.9 Å². The largest absolute Gasteiger partial charge is 0.472 e. The monoisotopic (exact) mass is 650 g/mol. The number of carbonyl (C=O) groups is 1. The number of rotatable bonds is 33. The lowest BCUT2D eigenvalue weighted by Gasteiger charge is -2.26. The van der Waals surface area contributed by atoms with Crippen molar-refractivity contribution in [3.05, 3.63) is 0 Å². The summed E-state index contributed by atoms with van der Waals surface area (Å²) in [4.78, 5) is 22.8. The highest BCUT2D eigenvalue weighted by atomic mass is 31.2. The molecule has 0 radical (unpaired) electrons. The molecule has 0 aromatic rings. The molecule has 8 nitrogen and oxygen atoms in total. The molecule has 3 unspecified atom stereocenters. The number of aliphatic hydroxyl groups excluding tert-OH is 1. The zero-order valence-corrected chi connectivity index (χ0v) is 30.6. The molecule has 0 aliphatic carbocycles. The van der Waals surface area contributed by atoms with E-state index >= 15 is 0 Å². The lowest BCUT2D eigenvalue weighted by molar-refractivity contribution is -0.870. The molecule has 0 fully saturated rings. The number of aliphatic hydroxyl groups is 1. The number of hydrogen-bond donors (Lipinski definition) is 3. The first-order valence-corrected chi connectivity index (χ1v) is 19.9. The Labute approximate surface area is 272 Å². The van der Waals surface area contributed by atoms with E-state index in [-0.39, 0.29) is 19.1 Å². The first-order chi connectivity index (χ1) is 21.0. The fraction of sp³-hybridized carbons (Fsp3) is 0.971. The molecule has 0 heterocycles. The van der Waals surface area contributed by atoms with Gasteiger partial charge < -0.3 is 19.8 Å². The van der Waals surface area contributed by atoms with E-state index in [1.165, 1.54) is 103 Å². The second kappa shape index (κ2) is 28.7. The Morgan fingerprint density at radius 1 is 0.682 bits per heavy atom. The van der Waals surface area contributed by atoms with Crippen LogP contribution in [0.5, 0.6) is 0 Å². The molecule has 9 heteroatoms. The summed E-state index contributed by atoms with van der Waals surface area (Å²) in [6.45, 7) is 4.81. The summed E-state index contributed by atoms with van der Waals surface area (Å²) in [6.07, 6.45) is 27.1. The van der Waals surface area contributed by atoms with Gasteiger partial charge in [0.2, 0.25) is 5.91 Å². The van der Waals surface area contributed by atoms with Gasteiger partial charge in [0, 0.05) is 6.42 Å². The maximum Gasteiger partial charge on any atom is 0.472 e. The number of hydrogen-bond acceptors (Lipinski definition) is 5. The fourth-order valence-electron chi connectivity index (χ4n) is 5.34. The normalized spacial score (nSPS) is 14.8. The molecule has 0 aromatic carbocycles. The summed E-state index contributed by atoms with van der Waals surface area (Å²) in [5.74, 6) is -0.154. The van der Waals surface area contributed by atoms with Crippen molar-refractivity contribution in [3.8, 4) is 0 Å². The lowest BCUT2D eigenvalue weighted by atomic mass is 10.0. The Bertz CT molecular complexity index is 703. The van der Waals surface area contributed by atoms with Crippen LogP contribution >= 0.6 is 7.82 Å². The molecular formula is C35H74N2O6P+. The van der Waals surface area contributed by atoms with Crippen LogP contribution in [0.4, 0.5) is 0 Å². The van der Waals surface area contributed by atoms with E-state index in [4.69, 9.17) is 9.05 Å². The Kier molecular flexibility index (Phi) is 28.4. The van der Waals surface area contributed by atoms with Crippen molar-refractivity contribution in [2.24, 2.45) is 0 Å². The molecular weight excluding hydrogens is 575 g/mol. The molecule has 0 aliphatic heterocycles. The van der Waals surface area contributed by atoms with Gasteiger partial charge >= 0.3 is 7.82 Å².